The number of rotatable bonds is 4. The first-order valence-corrected chi connectivity index (χ1v) is 7.23. The van der Waals surface area contributed by atoms with Crippen LogP contribution in [-0.4, -0.2) is 9.78 Å². The second-order valence-electron chi connectivity index (χ2n) is 6.66. The quantitative estimate of drug-likeness (QED) is 0.915. The third-order valence-electron chi connectivity index (χ3n) is 4.14. The molecule has 1 aromatic carbocycles. The minimum Gasteiger partial charge on any atom is -0.324 e. The molecule has 3 nitrogen and oxygen atoms in total. The minimum absolute atomic E-state index is 0.0432. The van der Waals surface area contributed by atoms with Gasteiger partial charge in [-0.15, -0.1) is 0 Å². The zero-order chi connectivity index (χ0) is 14.8. The number of para-hydroxylation sites is 1. The Morgan fingerprint density at radius 3 is 2.45 bits per heavy atom. The van der Waals surface area contributed by atoms with Crippen LogP contribution < -0.4 is 5.73 Å². The predicted octanol–water partition coefficient (Wildman–Crippen LogP) is 3.94. The Morgan fingerprint density at radius 2 is 1.85 bits per heavy atom. The van der Waals surface area contributed by atoms with E-state index in [1.54, 1.807) is 0 Å². The van der Waals surface area contributed by atoms with Crippen molar-refractivity contribution >= 4 is 0 Å². The third-order valence-corrected chi connectivity index (χ3v) is 4.14. The first-order valence-electron chi connectivity index (χ1n) is 7.23. The van der Waals surface area contributed by atoms with Gasteiger partial charge in [-0.1, -0.05) is 45.9 Å². The summed E-state index contributed by atoms with van der Waals surface area (Å²) in [5.41, 5.74) is 8.78. The van der Waals surface area contributed by atoms with Gasteiger partial charge < -0.3 is 5.73 Å². The summed E-state index contributed by atoms with van der Waals surface area (Å²) in [4.78, 5) is 0. The standard InChI is InChI=1S/C17H25N3/c1-13(17(2,3)4)10-16(18)14-11-19-20(12-14)15-8-6-5-7-9-15/h5-9,11-13,16H,10,18H2,1-4H3. The largest absolute Gasteiger partial charge is 0.324 e. The smallest absolute Gasteiger partial charge is 0.0645 e. The van der Waals surface area contributed by atoms with E-state index in [-0.39, 0.29) is 11.5 Å². The fourth-order valence-electron chi connectivity index (χ4n) is 2.12. The highest BCUT2D eigenvalue weighted by atomic mass is 15.3. The summed E-state index contributed by atoms with van der Waals surface area (Å²) in [6.45, 7) is 9.05. The van der Waals surface area contributed by atoms with E-state index in [1.807, 2.05) is 47.4 Å². The van der Waals surface area contributed by atoms with Crippen LogP contribution in [0.5, 0.6) is 0 Å². The maximum absolute atomic E-state index is 6.33. The Hall–Kier alpha value is -1.61. The molecule has 2 N–H and O–H groups in total. The van der Waals surface area contributed by atoms with Crippen molar-refractivity contribution in [1.82, 2.24) is 9.78 Å². The molecule has 108 valence electrons. The molecule has 2 unspecified atom stereocenters. The summed E-state index contributed by atoms with van der Waals surface area (Å²) in [6, 6.07) is 10.2. The molecule has 0 amide bonds. The van der Waals surface area contributed by atoms with Gasteiger partial charge in [0.05, 0.1) is 11.9 Å². The second-order valence-corrected chi connectivity index (χ2v) is 6.66. The molecule has 1 aromatic heterocycles. The second kappa shape index (κ2) is 5.80. The number of nitrogens with two attached hydrogens (primary N) is 1. The van der Waals surface area contributed by atoms with Gasteiger partial charge in [0.2, 0.25) is 0 Å². The van der Waals surface area contributed by atoms with Gasteiger partial charge in [-0.3, -0.25) is 0 Å². The number of benzene rings is 1. The zero-order valence-electron chi connectivity index (χ0n) is 12.9. The van der Waals surface area contributed by atoms with Crippen LogP contribution in [0.15, 0.2) is 42.7 Å². The lowest BCUT2D eigenvalue weighted by atomic mass is 9.78. The zero-order valence-corrected chi connectivity index (χ0v) is 12.9. The molecule has 0 aliphatic heterocycles. The van der Waals surface area contributed by atoms with Gasteiger partial charge in [0.1, 0.15) is 0 Å². The van der Waals surface area contributed by atoms with E-state index in [0.717, 1.165) is 17.7 Å². The molecule has 1 heterocycles. The molecule has 0 spiro atoms. The van der Waals surface area contributed by atoms with Gasteiger partial charge in [-0.2, -0.15) is 5.10 Å². The van der Waals surface area contributed by atoms with E-state index >= 15 is 0 Å². The highest BCUT2D eigenvalue weighted by molar-refractivity contribution is 5.31. The molecule has 2 atom stereocenters. The average Bonchev–Trinajstić information content (AvgIpc) is 2.88. The molecule has 2 rings (SSSR count). The number of hydrogen-bond acceptors (Lipinski definition) is 2. The van der Waals surface area contributed by atoms with Gasteiger partial charge in [0.25, 0.3) is 0 Å². The number of aromatic nitrogens is 2. The lowest BCUT2D eigenvalue weighted by Crippen LogP contribution is -2.23. The van der Waals surface area contributed by atoms with E-state index in [0.29, 0.717) is 5.92 Å². The first-order chi connectivity index (χ1) is 9.38. The van der Waals surface area contributed by atoms with E-state index in [9.17, 15) is 0 Å². The van der Waals surface area contributed by atoms with Crippen LogP contribution in [0.1, 0.15) is 45.7 Å². The van der Waals surface area contributed by atoms with E-state index in [4.69, 9.17) is 5.73 Å². The van der Waals surface area contributed by atoms with Gasteiger partial charge in [-0.05, 0) is 29.9 Å². The maximum Gasteiger partial charge on any atom is 0.0645 e. The predicted molar refractivity (Wildman–Crippen MR) is 83.7 cm³/mol. The van der Waals surface area contributed by atoms with Crippen molar-refractivity contribution in [3.63, 3.8) is 0 Å². The van der Waals surface area contributed by atoms with Crippen LogP contribution in [0, 0.1) is 11.3 Å². The highest BCUT2D eigenvalue weighted by Crippen LogP contribution is 2.32. The Bertz CT molecular complexity index is 537. The van der Waals surface area contributed by atoms with Crippen molar-refractivity contribution in [2.45, 2.75) is 40.2 Å². The number of nitrogens with zero attached hydrogens (tertiary/aromatic N) is 2. The Labute approximate surface area is 121 Å². The normalized spacial score (nSPS) is 15.1. The van der Waals surface area contributed by atoms with Crippen molar-refractivity contribution in [2.75, 3.05) is 0 Å². The van der Waals surface area contributed by atoms with Crippen LogP contribution >= 0.6 is 0 Å². The van der Waals surface area contributed by atoms with Crippen LogP contribution in [0.2, 0.25) is 0 Å². The third kappa shape index (κ3) is 3.48. The van der Waals surface area contributed by atoms with Gasteiger partial charge >= 0.3 is 0 Å². The molecular weight excluding hydrogens is 246 g/mol. The number of hydrogen-bond donors (Lipinski definition) is 1. The fourth-order valence-corrected chi connectivity index (χ4v) is 2.12. The monoisotopic (exact) mass is 271 g/mol. The summed E-state index contributed by atoms with van der Waals surface area (Å²) in [7, 11) is 0. The average molecular weight is 271 g/mol. The minimum atomic E-state index is 0.0432. The lowest BCUT2D eigenvalue weighted by Gasteiger charge is -2.29. The molecule has 0 aliphatic rings. The first kappa shape index (κ1) is 14.8. The van der Waals surface area contributed by atoms with E-state index in [1.165, 1.54) is 0 Å². The van der Waals surface area contributed by atoms with Crippen LogP contribution in [0.25, 0.3) is 5.69 Å². The maximum atomic E-state index is 6.33. The summed E-state index contributed by atoms with van der Waals surface area (Å²) in [5.74, 6) is 0.567. The molecule has 0 saturated carbocycles. The van der Waals surface area contributed by atoms with Crippen molar-refractivity contribution in [3.05, 3.63) is 48.3 Å². The van der Waals surface area contributed by atoms with Crippen LogP contribution in [0.3, 0.4) is 0 Å². The Morgan fingerprint density at radius 1 is 1.20 bits per heavy atom. The highest BCUT2D eigenvalue weighted by Gasteiger charge is 2.23. The van der Waals surface area contributed by atoms with Crippen LogP contribution in [0.4, 0.5) is 0 Å². The van der Waals surface area contributed by atoms with Crippen molar-refractivity contribution in [1.29, 1.82) is 0 Å². The van der Waals surface area contributed by atoms with E-state index in [2.05, 4.69) is 32.8 Å². The Balaban J connectivity index is 2.09. The van der Waals surface area contributed by atoms with Crippen molar-refractivity contribution < 1.29 is 0 Å². The molecule has 0 aliphatic carbocycles. The Kier molecular flexibility index (Phi) is 4.29. The summed E-state index contributed by atoms with van der Waals surface area (Å²) >= 11 is 0. The molecule has 2 aromatic rings. The van der Waals surface area contributed by atoms with Crippen molar-refractivity contribution in [3.8, 4) is 5.69 Å². The van der Waals surface area contributed by atoms with Gasteiger partial charge in [0, 0.05) is 17.8 Å². The fraction of sp³-hybridized carbons (Fsp3) is 0.471. The molecule has 0 saturated heterocycles. The van der Waals surface area contributed by atoms with Gasteiger partial charge in [-0.25, -0.2) is 4.68 Å². The van der Waals surface area contributed by atoms with E-state index < -0.39 is 0 Å². The molecule has 0 radical (unpaired) electrons. The topological polar surface area (TPSA) is 43.8 Å². The SMILES string of the molecule is CC(CC(N)c1cnn(-c2ccccc2)c1)C(C)(C)C. The van der Waals surface area contributed by atoms with Crippen molar-refractivity contribution in [2.24, 2.45) is 17.1 Å². The van der Waals surface area contributed by atoms with Crippen LogP contribution in [-0.2, 0) is 0 Å². The summed E-state index contributed by atoms with van der Waals surface area (Å²) in [5, 5.41) is 4.41. The molecule has 0 bridgehead atoms. The molecule has 3 heteroatoms. The summed E-state index contributed by atoms with van der Waals surface area (Å²) < 4.78 is 1.89. The van der Waals surface area contributed by atoms with Gasteiger partial charge in [0.15, 0.2) is 0 Å². The molecular formula is C17H25N3. The molecule has 20 heavy (non-hydrogen) atoms. The molecule has 0 fully saturated rings. The summed E-state index contributed by atoms with van der Waals surface area (Å²) in [6.07, 6.45) is 4.90. The lowest BCUT2D eigenvalue weighted by molar-refractivity contribution is 0.234.